The Kier molecular flexibility index (Phi) is 5.59. The zero-order valence-electron chi connectivity index (χ0n) is 9.04. The van der Waals surface area contributed by atoms with Gasteiger partial charge in [0.2, 0.25) is 0 Å². The third-order valence-electron chi connectivity index (χ3n) is 1.68. The fourth-order valence-electron chi connectivity index (χ4n) is 0.968. The van der Waals surface area contributed by atoms with E-state index in [-0.39, 0.29) is 6.61 Å². The monoisotopic (exact) mass is 226 g/mol. The van der Waals surface area contributed by atoms with Crippen molar-refractivity contribution in [3.63, 3.8) is 0 Å². The van der Waals surface area contributed by atoms with Crippen LogP contribution in [0.2, 0.25) is 0 Å². The highest BCUT2D eigenvalue weighted by Gasteiger charge is 1.99. The van der Waals surface area contributed by atoms with E-state index in [4.69, 9.17) is 5.53 Å². The lowest BCUT2D eigenvalue weighted by molar-refractivity contribution is -0.137. The minimum absolute atomic E-state index is 0.0916. The average Bonchev–Trinajstić information content (AvgIpc) is 2.35. The van der Waals surface area contributed by atoms with E-state index in [0.29, 0.717) is 6.21 Å². The van der Waals surface area contributed by atoms with Crippen LogP contribution in [-0.2, 0) is 9.53 Å². The van der Waals surface area contributed by atoms with Crippen LogP contribution in [0.5, 0.6) is 0 Å². The lowest BCUT2D eigenvalue weighted by atomic mass is 10.2. The first-order valence-corrected chi connectivity index (χ1v) is 4.88. The summed E-state index contributed by atoms with van der Waals surface area (Å²) in [4.78, 5) is 13.2. The third-order valence-corrected chi connectivity index (χ3v) is 1.68. The van der Waals surface area contributed by atoms with Gasteiger partial charge in [0.05, 0.1) is 0 Å². The number of carbonyl (C=O) groups excluding carboxylic acids is 1. The summed E-state index contributed by atoms with van der Waals surface area (Å²) in [5.74, 6) is 5.02. The molecule has 1 rings (SSSR count). The van der Waals surface area contributed by atoms with Crippen LogP contribution < -0.4 is 0 Å². The van der Waals surface area contributed by atoms with E-state index in [1.165, 1.54) is 0 Å². The van der Waals surface area contributed by atoms with E-state index in [9.17, 15) is 4.79 Å². The van der Waals surface area contributed by atoms with Crippen LogP contribution in [0.4, 0.5) is 0 Å². The molecule has 0 unspecified atom stereocenters. The largest absolute Gasteiger partial charge is 0.453 e. The van der Waals surface area contributed by atoms with Gasteiger partial charge in [0.15, 0.2) is 0 Å². The molecule has 1 aromatic rings. The minimum Gasteiger partial charge on any atom is -0.453 e. The summed E-state index contributed by atoms with van der Waals surface area (Å²) >= 11 is 0. The molecule has 0 aliphatic carbocycles. The summed E-state index contributed by atoms with van der Waals surface area (Å²) in [5, 5.41) is 0. The molecule has 0 saturated carbocycles. The van der Waals surface area contributed by atoms with Crippen molar-refractivity contribution < 1.29 is 14.3 Å². The highest BCUT2D eigenvalue weighted by molar-refractivity contribution is 6.20. The van der Waals surface area contributed by atoms with E-state index in [1.54, 1.807) is 12.2 Å². The highest BCUT2D eigenvalue weighted by atomic mass is 16.5. The molecule has 0 amide bonds. The summed E-state index contributed by atoms with van der Waals surface area (Å²) in [6.07, 6.45) is 3.87. The number of esters is 1. The number of hydrogen-bond donors (Lipinski definition) is 0. The van der Waals surface area contributed by atoms with Gasteiger partial charge in [0.1, 0.15) is 6.61 Å². The zero-order chi connectivity index (χ0) is 12.3. The second-order valence-corrected chi connectivity index (χ2v) is 2.91. The second kappa shape index (κ2) is 7.63. The van der Waals surface area contributed by atoms with E-state index in [1.807, 2.05) is 30.3 Å². The Morgan fingerprint density at radius 3 is 2.88 bits per heavy atom. The summed E-state index contributed by atoms with van der Waals surface area (Å²) in [7, 11) is 0. The zero-order valence-corrected chi connectivity index (χ0v) is 9.04. The van der Waals surface area contributed by atoms with Gasteiger partial charge in [-0.1, -0.05) is 30.0 Å². The van der Waals surface area contributed by atoms with Crippen molar-refractivity contribution in [3.05, 3.63) is 53.6 Å². The Morgan fingerprint density at radius 2 is 2.18 bits per heavy atom. The smallest absolute Gasteiger partial charge is 0.413 e. The lowest BCUT2D eigenvalue weighted by Gasteiger charge is -1.90. The number of carbonyl (C=O) groups is 1. The van der Waals surface area contributed by atoms with E-state index in [0.717, 1.165) is 5.56 Å². The maximum absolute atomic E-state index is 10.7. The molecule has 0 saturated heterocycles. The molecule has 4 heteroatoms. The molecule has 4 nitrogen and oxygen atoms in total. The Hall–Kier alpha value is -2.63. The van der Waals surface area contributed by atoms with Gasteiger partial charge in [-0.3, -0.25) is 0 Å². The Bertz CT molecular complexity index is 503. The van der Waals surface area contributed by atoms with Crippen LogP contribution in [0.1, 0.15) is 5.56 Å². The normalized spacial score (nSPS) is 8.94. The second-order valence-electron chi connectivity index (χ2n) is 2.91. The molecule has 0 aromatic heterocycles. The maximum atomic E-state index is 10.7. The lowest BCUT2D eigenvalue weighted by Crippen LogP contribution is -2.05. The molecule has 0 aliphatic rings. The van der Waals surface area contributed by atoms with Gasteiger partial charge in [-0.25, -0.2) is 4.79 Å². The van der Waals surface area contributed by atoms with Crippen molar-refractivity contribution in [3.8, 4) is 11.8 Å². The third kappa shape index (κ3) is 5.73. The Labute approximate surface area is 99.2 Å². The fraction of sp³-hybridized carbons (Fsp3) is 0.0769. The SMILES string of the molecule is [N-]=[N+]=CC(=O)OC/C=C/C#Cc1ccccc1. The molecule has 0 atom stereocenters. The van der Waals surface area contributed by atoms with Gasteiger partial charge in [-0.05, 0) is 24.3 Å². The van der Waals surface area contributed by atoms with Crippen LogP contribution in [0.15, 0.2) is 42.5 Å². The quantitative estimate of drug-likeness (QED) is 0.257. The van der Waals surface area contributed by atoms with Crippen LogP contribution in [-0.4, -0.2) is 23.6 Å². The average molecular weight is 226 g/mol. The number of ether oxygens (including phenoxy) is 1. The van der Waals surface area contributed by atoms with Crippen molar-refractivity contribution in [2.75, 3.05) is 6.61 Å². The molecular weight excluding hydrogens is 216 g/mol. The molecule has 1 aromatic carbocycles. The topological polar surface area (TPSA) is 62.7 Å². The van der Waals surface area contributed by atoms with E-state index in [2.05, 4.69) is 21.4 Å². The van der Waals surface area contributed by atoms with Gasteiger partial charge in [0.25, 0.3) is 0 Å². The number of benzene rings is 1. The molecule has 0 bridgehead atoms. The van der Waals surface area contributed by atoms with Crippen molar-refractivity contribution in [1.82, 2.24) is 0 Å². The molecule has 0 fully saturated rings. The standard InChI is InChI=1S/C13H10N2O2/c14-15-11-13(16)17-10-6-2-5-9-12-7-3-1-4-8-12/h1-4,6-8,11H,10H2/b6-2+. The van der Waals surface area contributed by atoms with Crippen molar-refractivity contribution in [1.29, 1.82) is 0 Å². The van der Waals surface area contributed by atoms with Gasteiger partial charge >= 0.3 is 12.2 Å². The fourth-order valence-corrected chi connectivity index (χ4v) is 0.968. The molecule has 0 radical (unpaired) electrons. The van der Waals surface area contributed by atoms with Gasteiger partial charge < -0.3 is 10.3 Å². The van der Waals surface area contributed by atoms with Crippen molar-refractivity contribution in [2.45, 2.75) is 0 Å². The van der Waals surface area contributed by atoms with Crippen molar-refractivity contribution >= 4 is 12.2 Å². The minimum atomic E-state index is -0.701. The molecule has 0 spiro atoms. The van der Waals surface area contributed by atoms with Crippen LogP contribution in [0.25, 0.3) is 5.53 Å². The first-order valence-electron chi connectivity index (χ1n) is 4.88. The molecular formula is C13H10N2O2. The number of hydrogen-bond acceptors (Lipinski definition) is 2. The molecule has 0 aliphatic heterocycles. The van der Waals surface area contributed by atoms with E-state index >= 15 is 0 Å². The number of rotatable bonds is 3. The Morgan fingerprint density at radius 1 is 1.41 bits per heavy atom. The molecule has 17 heavy (non-hydrogen) atoms. The number of nitrogens with zero attached hydrogens (tertiary/aromatic N) is 2. The maximum Gasteiger partial charge on any atom is 0.413 e. The van der Waals surface area contributed by atoms with Crippen LogP contribution in [0, 0.1) is 11.8 Å². The van der Waals surface area contributed by atoms with Crippen molar-refractivity contribution in [2.24, 2.45) is 0 Å². The summed E-state index contributed by atoms with van der Waals surface area (Å²) in [6, 6.07) is 9.54. The van der Waals surface area contributed by atoms with Gasteiger partial charge in [-0.2, -0.15) is 4.79 Å². The van der Waals surface area contributed by atoms with Crippen LogP contribution >= 0.6 is 0 Å². The first kappa shape index (κ1) is 12.4. The Balaban J connectivity index is 2.34. The van der Waals surface area contributed by atoms with Crippen LogP contribution in [0.3, 0.4) is 0 Å². The summed E-state index contributed by atoms with van der Waals surface area (Å²) < 4.78 is 4.63. The molecule has 0 N–H and O–H groups in total. The number of allylic oxidation sites excluding steroid dienone is 1. The predicted molar refractivity (Wildman–Crippen MR) is 63.1 cm³/mol. The summed E-state index contributed by atoms with van der Waals surface area (Å²) in [6.45, 7) is 0.0916. The van der Waals surface area contributed by atoms with Gasteiger partial charge in [0, 0.05) is 5.56 Å². The van der Waals surface area contributed by atoms with Gasteiger partial charge in [-0.15, -0.1) is 0 Å². The highest BCUT2D eigenvalue weighted by Crippen LogP contribution is 1.94. The first-order chi connectivity index (χ1) is 8.33. The summed E-state index contributed by atoms with van der Waals surface area (Å²) in [5.41, 5.74) is 8.95. The molecule has 0 heterocycles. The molecule has 84 valence electrons. The van der Waals surface area contributed by atoms with E-state index < -0.39 is 5.97 Å². The predicted octanol–water partition coefficient (Wildman–Crippen LogP) is 1.44.